The fourth-order valence-electron chi connectivity index (χ4n) is 2.95. The van der Waals surface area contributed by atoms with Gasteiger partial charge in [-0.3, -0.25) is 0 Å². The van der Waals surface area contributed by atoms with Crippen molar-refractivity contribution in [2.75, 3.05) is 26.3 Å². The van der Waals surface area contributed by atoms with E-state index in [4.69, 9.17) is 9.47 Å². The average molecular weight is 311 g/mol. The van der Waals surface area contributed by atoms with Crippen LogP contribution in [-0.2, 0) is 10.0 Å². The van der Waals surface area contributed by atoms with Crippen molar-refractivity contribution in [3.05, 3.63) is 18.2 Å². The molecular formula is C14H17NO5S. The second-order valence-corrected chi connectivity index (χ2v) is 7.89. The standard InChI is InChI=1S/C14H17NO5S/c16-14(10-1-2-10)8-15(9-14)21(17,18)11-3-4-12-13(7-11)20-6-5-19-12/h3-4,7,10,16H,1-2,5-6,8-9H2. The Balaban J connectivity index is 1.57. The van der Waals surface area contributed by atoms with Gasteiger partial charge in [0.05, 0.1) is 10.5 Å². The topological polar surface area (TPSA) is 76.1 Å². The minimum atomic E-state index is -3.57. The highest BCUT2D eigenvalue weighted by atomic mass is 32.2. The van der Waals surface area contributed by atoms with Crippen molar-refractivity contribution in [3.63, 3.8) is 0 Å². The maximum absolute atomic E-state index is 12.5. The monoisotopic (exact) mass is 311 g/mol. The van der Waals surface area contributed by atoms with Crippen molar-refractivity contribution in [2.24, 2.45) is 5.92 Å². The SMILES string of the molecule is O=S(=O)(c1ccc2c(c1)OCCO2)N1CC(O)(C2CC2)C1. The van der Waals surface area contributed by atoms with E-state index >= 15 is 0 Å². The van der Waals surface area contributed by atoms with E-state index in [2.05, 4.69) is 0 Å². The summed E-state index contributed by atoms with van der Waals surface area (Å²) in [4.78, 5) is 0.185. The van der Waals surface area contributed by atoms with Crippen LogP contribution in [0.1, 0.15) is 12.8 Å². The van der Waals surface area contributed by atoms with Crippen molar-refractivity contribution >= 4 is 10.0 Å². The summed E-state index contributed by atoms with van der Waals surface area (Å²) in [5.74, 6) is 1.29. The molecule has 114 valence electrons. The normalized spacial score (nSPS) is 24.4. The van der Waals surface area contributed by atoms with E-state index in [0.29, 0.717) is 24.7 Å². The first-order valence-corrected chi connectivity index (χ1v) is 8.55. The molecule has 6 nitrogen and oxygen atoms in total. The van der Waals surface area contributed by atoms with Gasteiger partial charge in [-0.25, -0.2) is 8.42 Å². The number of nitrogens with zero attached hydrogens (tertiary/aromatic N) is 1. The zero-order chi connectivity index (χ0) is 14.7. The summed E-state index contributed by atoms with van der Waals surface area (Å²) in [5, 5.41) is 10.3. The maximum Gasteiger partial charge on any atom is 0.243 e. The van der Waals surface area contributed by atoms with E-state index in [0.717, 1.165) is 12.8 Å². The summed E-state index contributed by atoms with van der Waals surface area (Å²) < 4.78 is 37.2. The Morgan fingerprint density at radius 1 is 1.14 bits per heavy atom. The molecule has 0 unspecified atom stereocenters. The highest BCUT2D eigenvalue weighted by Gasteiger charge is 2.55. The lowest BCUT2D eigenvalue weighted by molar-refractivity contribution is -0.0764. The Morgan fingerprint density at radius 2 is 1.81 bits per heavy atom. The van der Waals surface area contributed by atoms with Crippen LogP contribution in [0.2, 0.25) is 0 Å². The van der Waals surface area contributed by atoms with Crippen molar-refractivity contribution < 1.29 is 23.0 Å². The molecule has 0 radical (unpaired) electrons. The van der Waals surface area contributed by atoms with E-state index < -0.39 is 15.6 Å². The van der Waals surface area contributed by atoms with E-state index in [-0.39, 0.29) is 23.9 Å². The molecule has 1 N–H and O–H groups in total. The lowest BCUT2D eigenvalue weighted by Gasteiger charge is -2.45. The molecule has 1 aromatic carbocycles. The zero-order valence-corrected chi connectivity index (χ0v) is 12.3. The van der Waals surface area contributed by atoms with Gasteiger partial charge in [0.2, 0.25) is 10.0 Å². The number of hydrogen-bond donors (Lipinski definition) is 1. The molecule has 0 amide bonds. The van der Waals surface area contributed by atoms with Crippen molar-refractivity contribution in [1.82, 2.24) is 4.31 Å². The average Bonchev–Trinajstić information content (AvgIpc) is 3.28. The Kier molecular flexibility index (Phi) is 2.76. The number of rotatable bonds is 3. The molecule has 7 heteroatoms. The van der Waals surface area contributed by atoms with Crippen LogP contribution in [0.3, 0.4) is 0 Å². The van der Waals surface area contributed by atoms with Crippen LogP contribution >= 0.6 is 0 Å². The van der Waals surface area contributed by atoms with Crippen LogP contribution in [0, 0.1) is 5.92 Å². The second-order valence-electron chi connectivity index (χ2n) is 5.96. The summed E-state index contributed by atoms with van der Waals surface area (Å²) in [5.41, 5.74) is -0.819. The Bertz CT molecular complexity index is 677. The molecule has 0 spiro atoms. The predicted octanol–water partition coefficient (Wildman–Crippen LogP) is 0.603. The number of hydrogen-bond acceptors (Lipinski definition) is 5. The highest BCUT2D eigenvalue weighted by Crippen LogP contribution is 2.46. The van der Waals surface area contributed by atoms with Crippen LogP contribution in [0.4, 0.5) is 0 Å². The van der Waals surface area contributed by atoms with Gasteiger partial charge >= 0.3 is 0 Å². The summed E-state index contributed by atoms with van der Waals surface area (Å²) in [6.45, 7) is 1.27. The molecule has 3 aliphatic rings. The molecule has 2 heterocycles. The third kappa shape index (κ3) is 2.11. The first kappa shape index (κ1) is 13.4. The molecule has 1 aromatic rings. The fourth-order valence-corrected chi connectivity index (χ4v) is 4.53. The molecule has 0 bridgehead atoms. The van der Waals surface area contributed by atoms with Gasteiger partial charge in [0.1, 0.15) is 13.2 Å². The lowest BCUT2D eigenvalue weighted by atomic mass is 9.91. The molecule has 2 aliphatic heterocycles. The van der Waals surface area contributed by atoms with Gasteiger partial charge in [-0.2, -0.15) is 4.31 Å². The van der Waals surface area contributed by atoms with Gasteiger partial charge in [-0.15, -0.1) is 0 Å². The quantitative estimate of drug-likeness (QED) is 0.885. The number of benzene rings is 1. The number of aliphatic hydroxyl groups is 1. The van der Waals surface area contributed by atoms with Crippen molar-refractivity contribution in [1.29, 1.82) is 0 Å². The first-order chi connectivity index (χ1) is 9.99. The van der Waals surface area contributed by atoms with Crippen molar-refractivity contribution in [2.45, 2.75) is 23.3 Å². The molecule has 0 atom stereocenters. The van der Waals surface area contributed by atoms with E-state index in [1.165, 1.54) is 16.4 Å². The molecule has 1 saturated carbocycles. The number of ether oxygens (including phenoxy) is 2. The summed E-state index contributed by atoms with van der Waals surface area (Å²) in [7, 11) is -3.57. The molecule has 2 fully saturated rings. The fraction of sp³-hybridized carbons (Fsp3) is 0.571. The Morgan fingerprint density at radius 3 is 2.48 bits per heavy atom. The molecule has 0 aromatic heterocycles. The largest absolute Gasteiger partial charge is 0.486 e. The second kappa shape index (κ2) is 4.34. The summed E-state index contributed by atoms with van der Waals surface area (Å²) in [6, 6.07) is 4.64. The van der Waals surface area contributed by atoms with Crippen LogP contribution in [0.15, 0.2) is 23.1 Å². The van der Waals surface area contributed by atoms with Crippen LogP contribution < -0.4 is 9.47 Å². The minimum Gasteiger partial charge on any atom is -0.486 e. The van der Waals surface area contributed by atoms with E-state index in [1.54, 1.807) is 6.07 Å². The summed E-state index contributed by atoms with van der Waals surface area (Å²) in [6.07, 6.45) is 1.99. The summed E-state index contributed by atoms with van der Waals surface area (Å²) >= 11 is 0. The van der Waals surface area contributed by atoms with Gasteiger partial charge in [0, 0.05) is 19.2 Å². The van der Waals surface area contributed by atoms with Crippen LogP contribution in [-0.4, -0.2) is 49.7 Å². The van der Waals surface area contributed by atoms with Crippen molar-refractivity contribution in [3.8, 4) is 11.5 Å². The molecule has 4 rings (SSSR count). The lowest BCUT2D eigenvalue weighted by Crippen LogP contribution is -2.64. The highest BCUT2D eigenvalue weighted by molar-refractivity contribution is 7.89. The first-order valence-electron chi connectivity index (χ1n) is 7.11. The van der Waals surface area contributed by atoms with Gasteiger partial charge < -0.3 is 14.6 Å². The molecule has 21 heavy (non-hydrogen) atoms. The van der Waals surface area contributed by atoms with Crippen LogP contribution in [0.5, 0.6) is 11.5 Å². The number of sulfonamides is 1. The maximum atomic E-state index is 12.5. The van der Waals surface area contributed by atoms with E-state index in [9.17, 15) is 13.5 Å². The minimum absolute atomic E-state index is 0.185. The van der Waals surface area contributed by atoms with E-state index in [1.807, 2.05) is 0 Å². The Labute approximate surface area is 123 Å². The smallest absolute Gasteiger partial charge is 0.243 e. The molecular weight excluding hydrogens is 294 g/mol. The number of fused-ring (bicyclic) bond motifs is 1. The van der Waals surface area contributed by atoms with Gasteiger partial charge in [0.25, 0.3) is 0 Å². The van der Waals surface area contributed by atoms with Gasteiger partial charge in [-0.05, 0) is 30.9 Å². The molecule has 1 saturated heterocycles. The van der Waals surface area contributed by atoms with Gasteiger partial charge in [-0.1, -0.05) is 0 Å². The van der Waals surface area contributed by atoms with Crippen LogP contribution in [0.25, 0.3) is 0 Å². The Hall–Kier alpha value is -1.31. The molecule has 1 aliphatic carbocycles. The third-order valence-electron chi connectivity index (χ3n) is 4.39. The predicted molar refractivity (Wildman–Crippen MR) is 73.9 cm³/mol. The zero-order valence-electron chi connectivity index (χ0n) is 11.5. The third-order valence-corrected chi connectivity index (χ3v) is 6.18. The van der Waals surface area contributed by atoms with Gasteiger partial charge in [0.15, 0.2) is 11.5 Å². The number of β-amino-alcohol motifs (C(OH)–C–C–N with tert-alkyl or cyclic N) is 1.